The first-order valence-corrected chi connectivity index (χ1v) is 11.8. The molecule has 0 bridgehead atoms. The Bertz CT molecular complexity index is 1520. The molecule has 0 spiro atoms. The van der Waals surface area contributed by atoms with E-state index in [0.29, 0.717) is 17.1 Å². The van der Waals surface area contributed by atoms with Crippen molar-refractivity contribution >= 4 is 57.3 Å². The molecule has 1 aliphatic rings. The van der Waals surface area contributed by atoms with Gasteiger partial charge < -0.3 is 9.15 Å². The third-order valence-electron chi connectivity index (χ3n) is 5.58. The van der Waals surface area contributed by atoms with Crippen molar-refractivity contribution in [2.24, 2.45) is 0 Å². The highest BCUT2D eigenvalue weighted by atomic mass is 35.5. The Morgan fingerprint density at radius 2 is 1.83 bits per heavy atom. The van der Waals surface area contributed by atoms with Crippen LogP contribution in [0.3, 0.4) is 0 Å². The van der Waals surface area contributed by atoms with E-state index in [4.69, 9.17) is 20.8 Å². The molecular weight excluding hydrogens is 486 g/mol. The van der Waals surface area contributed by atoms with Crippen LogP contribution in [0.4, 0.5) is 4.79 Å². The molecule has 2 amide bonds. The van der Waals surface area contributed by atoms with Crippen LogP contribution in [0.25, 0.3) is 28.2 Å². The minimum atomic E-state index is -0.552. The lowest BCUT2D eigenvalue weighted by Crippen LogP contribution is -2.27. The monoisotopic (exact) mass is 503 g/mol. The lowest BCUT2D eigenvalue weighted by molar-refractivity contribution is -0.123. The summed E-state index contributed by atoms with van der Waals surface area (Å²) in [4.78, 5) is 39.0. The molecule has 1 aliphatic heterocycles. The summed E-state index contributed by atoms with van der Waals surface area (Å²) in [6.07, 6.45) is 1.55. The topological polar surface area (TPSA) is 76.8 Å². The van der Waals surface area contributed by atoms with E-state index in [1.807, 2.05) is 42.5 Å². The first kappa shape index (κ1) is 23.0. The molecule has 174 valence electrons. The minimum Gasteiger partial charge on any atom is -0.465 e. The van der Waals surface area contributed by atoms with Crippen molar-refractivity contribution in [3.8, 4) is 11.3 Å². The van der Waals surface area contributed by atoms with Gasteiger partial charge in [-0.15, -0.1) is 0 Å². The number of thioether (sulfide) groups is 1. The molecule has 4 aromatic rings. The first-order valence-electron chi connectivity index (χ1n) is 10.6. The summed E-state index contributed by atoms with van der Waals surface area (Å²) in [5.74, 6) is -0.0338. The number of ether oxygens (including phenoxy) is 1. The molecule has 1 fully saturated rings. The van der Waals surface area contributed by atoms with Gasteiger partial charge in [0.25, 0.3) is 11.1 Å². The molecule has 0 radical (unpaired) electrons. The van der Waals surface area contributed by atoms with E-state index in [2.05, 4.69) is 0 Å². The summed E-state index contributed by atoms with van der Waals surface area (Å²) in [6, 6.07) is 22.1. The zero-order chi connectivity index (χ0) is 24.5. The van der Waals surface area contributed by atoms with Gasteiger partial charge in [0.05, 0.1) is 29.1 Å². The quantitative estimate of drug-likeness (QED) is 0.221. The molecule has 6 nitrogen and oxygen atoms in total. The third kappa shape index (κ3) is 4.60. The number of halogens is 1. The van der Waals surface area contributed by atoms with Crippen LogP contribution in [0.1, 0.15) is 21.7 Å². The first-order chi connectivity index (χ1) is 16.9. The van der Waals surface area contributed by atoms with Crippen molar-refractivity contribution in [3.63, 3.8) is 0 Å². The van der Waals surface area contributed by atoms with E-state index in [1.165, 1.54) is 12.0 Å². The van der Waals surface area contributed by atoms with Gasteiger partial charge in [0.15, 0.2) is 0 Å². The van der Waals surface area contributed by atoms with E-state index >= 15 is 0 Å². The van der Waals surface area contributed by atoms with Gasteiger partial charge in [0.2, 0.25) is 0 Å². The van der Waals surface area contributed by atoms with Gasteiger partial charge in [0.1, 0.15) is 11.5 Å². The number of rotatable bonds is 5. The molecule has 1 saturated heterocycles. The van der Waals surface area contributed by atoms with Gasteiger partial charge in [-0.2, -0.15) is 0 Å². The van der Waals surface area contributed by atoms with Crippen LogP contribution < -0.4 is 0 Å². The van der Waals surface area contributed by atoms with Crippen molar-refractivity contribution in [1.82, 2.24) is 4.90 Å². The average molecular weight is 504 g/mol. The van der Waals surface area contributed by atoms with Crippen molar-refractivity contribution < 1.29 is 23.5 Å². The fourth-order valence-corrected chi connectivity index (χ4v) is 4.83. The largest absolute Gasteiger partial charge is 0.465 e. The van der Waals surface area contributed by atoms with E-state index in [-0.39, 0.29) is 33.2 Å². The van der Waals surface area contributed by atoms with E-state index in [1.54, 1.807) is 36.4 Å². The molecule has 0 atom stereocenters. The standard InChI is InChI=1S/C27H18ClNO5S/c1-33-26(31)21-13-19(8-10-22(21)28)23-11-9-20(34-23)14-24-25(30)29(27(32)35-24)15-16-6-7-17-4-2-3-5-18(17)12-16/h2-14H,15H2,1H3/b24-14-. The highest BCUT2D eigenvalue weighted by molar-refractivity contribution is 8.18. The Labute approximate surface area is 210 Å². The molecular formula is C27H18ClNO5S. The number of methoxy groups -OCH3 is 1. The molecule has 5 rings (SSSR count). The van der Waals surface area contributed by atoms with Gasteiger partial charge >= 0.3 is 5.97 Å². The van der Waals surface area contributed by atoms with E-state index < -0.39 is 5.97 Å². The minimum absolute atomic E-state index is 0.192. The van der Waals surface area contributed by atoms with Gasteiger partial charge in [0, 0.05) is 11.6 Å². The molecule has 0 aliphatic carbocycles. The van der Waals surface area contributed by atoms with Gasteiger partial charge in [-0.05, 0) is 64.5 Å². The van der Waals surface area contributed by atoms with Crippen LogP contribution in [-0.2, 0) is 16.1 Å². The molecule has 2 heterocycles. The Hall–Kier alpha value is -3.81. The number of benzene rings is 3. The van der Waals surface area contributed by atoms with Gasteiger partial charge in [-0.25, -0.2) is 4.79 Å². The van der Waals surface area contributed by atoms with Gasteiger partial charge in [-0.3, -0.25) is 14.5 Å². The average Bonchev–Trinajstić information content (AvgIpc) is 3.44. The van der Waals surface area contributed by atoms with Crippen molar-refractivity contribution in [1.29, 1.82) is 0 Å². The molecule has 1 aromatic heterocycles. The SMILES string of the molecule is COC(=O)c1cc(-c2ccc(/C=C3\SC(=O)N(Cc4ccc5ccccc5c4)C3=O)o2)ccc1Cl. The highest BCUT2D eigenvalue weighted by Gasteiger charge is 2.35. The number of furan rings is 1. The molecule has 3 aromatic carbocycles. The highest BCUT2D eigenvalue weighted by Crippen LogP contribution is 2.35. The van der Waals surface area contributed by atoms with Crippen LogP contribution in [0.15, 0.2) is 82.1 Å². The summed E-state index contributed by atoms with van der Waals surface area (Å²) in [6.45, 7) is 0.192. The van der Waals surface area contributed by atoms with Crippen molar-refractivity contribution in [2.45, 2.75) is 6.54 Å². The van der Waals surface area contributed by atoms with Crippen LogP contribution >= 0.6 is 23.4 Å². The molecule has 0 N–H and O–H groups in total. The van der Waals surface area contributed by atoms with Gasteiger partial charge in [-0.1, -0.05) is 48.0 Å². The summed E-state index contributed by atoms with van der Waals surface area (Å²) >= 11 is 6.96. The number of carbonyl (C=O) groups excluding carboxylic acids is 3. The molecule has 35 heavy (non-hydrogen) atoms. The summed E-state index contributed by atoms with van der Waals surface area (Å²) in [5, 5.41) is 2.08. The van der Waals surface area contributed by atoms with E-state index in [0.717, 1.165) is 28.1 Å². The Morgan fingerprint density at radius 3 is 2.63 bits per heavy atom. The van der Waals surface area contributed by atoms with Crippen LogP contribution in [0.5, 0.6) is 0 Å². The van der Waals surface area contributed by atoms with E-state index in [9.17, 15) is 14.4 Å². The number of nitrogens with zero attached hydrogens (tertiary/aromatic N) is 1. The van der Waals surface area contributed by atoms with Crippen LogP contribution in [0.2, 0.25) is 5.02 Å². The zero-order valence-electron chi connectivity index (χ0n) is 18.5. The lowest BCUT2D eigenvalue weighted by atomic mass is 10.1. The Morgan fingerprint density at radius 1 is 1.03 bits per heavy atom. The number of esters is 1. The zero-order valence-corrected chi connectivity index (χ0v) is 20.1. The number of carbonyl (C=O) groups is 3. The molecule has 8 heteroatoms. The molecule has 0 unspecified atom stereocenters. The Kier molecular flexibility index (Phi) is 6.19. The Balaban J connectivity index is 1.36. The summed E-state index contributed by atoms with van der Waals surface area (Å²) < 4.78 is 10.6. The second-order valence-corrected chi connectivity index (χ2v) is 9.24. The second kappa shape index (κ2) is 9.44. The molecule has 0 saturated carbocycles. The predicted octanol–water partition coefficient (Wildman–Crippen LogP) is 6.78. The maximum atomic E-state index is 13.0. The smallest absolute Gasteiger partial charge is 0.339 e. The number of fused-ring (bicyclic) bond motifs is 1. The predicted molar refractivity (Wildman–Crippen MR) is 136 cm³/mol. The fourth-order valence-electron chi connectivity index (χ4n) is 3.82. The summed E-state index contributed by atoms with van der Waals surface area (Å²) in [7, 11) is 1.28. The maximum Gasteiger partial charge on any atom is 0.339 e. The summed E-state index contributed by atoms with van der Waals surface area (Å²) in [5.41, 5.74) is 1.72. The number of hydrogen-bond acceptors (Lipinski definition) is 6. The second-order valence-electron chi connectivity index (χ2n) is 7.84. The van der Waals surface area contributed by atoms with Crippen molar-refractivity contribution in [3.05, 3.63) is 99.6 Å². The number of amides is 2. The maximum absolute atomic E-state index is 13.0. The fraction of sp³-hybridized carbons (Fsp3) is 0.0741. The number of imide groups is 1. The van der Waals surface area contributed by atoms with Crippen molar-refractivity contribution in [2.75, 3.05) is 7.11 Å². The third-order valence-corrected chi connectivity index (χ3v) is 6.82. The normalized spacial score (nSPS) is 14.8. The van der Waals surface area contributed by atoms with Crippen LogP contribution in [-0.4, -0.2) is 29.1 Å². The number of hydrogen-bond donors (Lipinski definition) is 0. The van der Waals surface area contributed by atoms with Crippen LogP contribution in [0, 0.1) is 0 Å². The lowest BCUT2D eigenvalue weighted by Gasteiger charge is -2.13.